The molecule has 0 spiro atoms. The van der Waals surface area contributed by atoms with Crippen LogP contribution in [-0.4, -0.2) is 22.0 Å². The molecule has 5 heteroatoms. The SMILES string of the molecule is C#CCC(=O)Nc1cnccc1C(=O)O. The largest absolute Gasteiger partial charge is 0.478 e. The molecule has 2 N–H and O–H groups in total. The highest BCUT2D eigenvalue weighted by molar-refractivity contribution is 6.00. The molecular weight excluding hydrogens is 196 g/mol. The molecule has 0 aliphatic heterocycles. The number of rotatable bonds is 3. The summed E-state index contributed by atoms with van der Waals surface area (Å²) in [4.78, 5) is 25.6. The van der Waals surface area contributed by atoms with Gasteiger partial charge in [-0.1, -0.05) is 5.92 Å². The third-order valence-electron chi connectivity index (χ3n) is 1.59. The van der Waals surface area contributed by atoms with E-state index in [0.717, 1.165) is 0 Å². The highest BCUT2D eigenvalue weighted by Crippen LogP contribution is 2.13. The van der Waals surface area contributed by atoms with Crippen LogP contribution in [0.2, 0.25) is 0 Å². The summed E-state index contributed by atoms with van der Waals surface area (Å²) in [5, 5.41) is 11.2. The van der Waals surface area contributed by atoms with Crippen molar-refractivity contribution in [2.45, 2.75) is 6.42 Å². The Morgan fingerprint density at radius 3 is 2.93 bits per heavy atom. The van der Waals surface area contributed by atoms with E-state index in [1.54, 1.807) is 0 Å². The van der Waals surface area contributed by atoms with Crippen molar-refractivity contribution in [1.82, 2.24) is 4.98 Å². The summed E-state index contributed by atoms with van der Waals surface area (Å²) in [5.41, 5.74) is 0.126. The van der Waals surface area contributed by atoms with Crippen molar-refractivity contribution in [3.8, 4) is 12.3 Å². The van der Waals surface area contributed by atoms with Crippen molar-refractivity contribution in [3.05, 3.63) is 24.0 Å². The minimum atomic E-state index is -1.13. The Labute approximate surface area is 86.1 Å². The Kier molecular flexibility index (Phi) is 3.41. The smallest absolute Gasteiger partial charge is 0.337 e. The predicted molar refractivity (Wildman–Crippen MR) is 53.3 cm³/mol. The monoisotopic (exact) mass is 204 g/mol. The summed E-state index contributed by atoms with van der Waals surface area (Å²) in [7, 11) is 0. The van der Waals surface area contributed by atoms with Gasteiger partial charge in [0.25, 0.3) is 0 Å². The zero-order chi connectivity index (χ0) is 11.3. The number of amides is 1. The molecule has 0 aromatic carbocycles. The van der Waals surface area contributed by atoms with Crippen LogP contribution >= 0.6 is 0 Å². The van der Waals surface area contributed by atoms with E-state index < -0.39 is 11.9 Å². The molecule has 0 aliphatic carbocycles. The molecule has 1 aromatic heterocycles. The molecular formula is C10H8N2O3. The lowest BCUT2D eigenvalue weighted by Crippen LogP contribution is -2.13. The minimum absolute atomic E-state index is 0.0182. The average Bonchev–Trinajstić information content (AvgIpc) is 2.18. The maximum atomic E-state index is 11.1. The van der Waals surface area contributed by atoms with Crippen LogP contribution in [0.5, 0.6) is 0 Å². The van der Waals surface area contributed by atoms with Crippen LogP contribution < -0.4 is 5.32 Å². The number of nitrogens with zero attached hydrogens (tertiary/aromatic N) is 1. The van der Waals surface area contributed by atoms with Crippen molar-refractivity contribution >= 4 is 17.6 Å². The molecule has 0 radical (unpaired) electrons. The van der Waals surface area contributed by atoms with Gasteiger partial charge in [-0.25, -0.2) is 4.79 Å². The fourth-order valence-electron chi connectivity index (χ4n) is 0.968. The molecule has 15 heavy (non-hydrogen) atoms. The van der Waals surface area contributed by atoms with Gasteiger partial charge in [-0.2, -0.15) is 0 Å². The molecule has 1 rings (SSSR count). The topological polar surface area (TPSA) is 79.3 Å². The molecule has 1 heterocycles. The number of terminal acetylenes is 1. The Bertz CT molecular complexity index is 435. The van der Waals surface area contributed by atoms with Crippen molar-refractivity contribution < 1.29 is 14.7 Å². The highest BCUT2D eigenvalue weighted by Gasteiger charge is 2.11. The van der Waals surface area contributed by atoms with E-state index in [0.29, 0.717) is 0 Å². The molecule has 0 saturated heterocycles. The zero-order valence-electron chi connectivity index (χ0n) is 7.73. The van der Waals surface area contributed by atoms with Gasteiger partial charge in [0.15, 0.2) is 0 Å². The van der Waals surface area contributed by atoms with E-state index in [1.165, 1.54) is 18.5 Å². The fraction of sp³-hybridized carbons (Fsp3) is 0.100. The van der Waals surface area contributed by atoms with Crippen LogP contribution in [0.3, 0.4) is 0 Å². The molecule has 0 aliphatic rings. The number of carboxylic acid groups (broad SMARTS) is 1. The first-order valence-electron chi connectivity index (χ1n) is 4.05. The molecule has 0 unspecified atom stereocenters. The number of carboxylic acids is 1. The van der Waals surface area contributed by atoms with Gasteiger partial charge in [-0.3, -0.25) is 9.78 Å². The van der Waals surface area contributed by atoms with E-state index >= 15 is 0 Å². The van der Waals surface area contributed by atoms with E-state index in [4.69, 9.17) is 11.5 Å². The van der Waals surface area contributed by atoms with Gasteiger partial charge < -0.3 is 10.4 Å². The Morgan fingerprint density at radius 2 is 2.33 bits per heavy atom. The first kappa shape index (κ1) is 10.7. The number of aromatic carboxylic acids is 1. The van der Waals surface area contributed by atoms with Gasteiger partial charge in [0, 0.05) is 6.20 Å². The third-order valence-corrected chi connectivity index (χ3v) is 1.59. The standard InChI is InChI=1S/C10H8N2O3/c1-2-3-9(13)12-8-6-11-5-4-7(8)10(14)15/h1,4-6H,3H2,(H,12,13)(H,14,15). The maximum Gasteiger partial charge on any atom is 0.337 e. The van der Waals surface area contributed by atoms with E-state index in [-0.39, 0.29) is 17.7 Å². The lowest BCUT2D eigenvalue weighted by molar-refractivity contribution is -0.115. The van der Waals surface area contributed by atoms with Gasteiger partial charge in [0.1, 0.15) is 0 Å². The number of pyridine rings is 1. The molecule has 76 valence electrons. The minimum Gasteiger partial charge on any atom is -0.478 e. The Hall–Kier alpha value is -2.35. The second-order valence-corrected chi connectivity index (χ2v) is 2.66. The van der Waals surface area contributed by atoms with Gasteiger partial charge in [0.2, 0.25) is 5.91 Å². The van der Waals surface area contributed by atoms with Crippen molar-refractivity contribution in [2.75, 3.05) is 5.32 Å². The summed E-state index contributed by atoms with van der Waals surface area (Å²) >= 11 is 0. The van der Waals surface area contributed by atoms with Crippen LogP contribution in [0, 0.1) is 12.3 Å². The van der Waals surface area contributed by atoms with Crippen molar-refractivity contribution in [1.29, 1.82) is 0 Å². The van der Waals surface area contributed by atoms with Crippen LogP contribution in [0.25, 0.3) is 0 Å². The summed E-state index contributed by atoms with van der Waals surface area (Å²) in [5.74, 6) is 0.588. The van der Waals surface area contributed by atoms with Crippen molar-refractivity contribution in [2.24, 2.45) is 0 Å². The molecule has 1 amide bonds. The predicted octanol–water partition coefficient (Wildman–Crippen LogP) is 0.742. The lowest BCUT2D eigenvalue weighted by atomic mass is 10.2. The maximum absolute atomic E-state index is 11.1. The van der Waals surface area contributed by atoms with Gasteiger partial charge >= 0.3 is 5.97 Å². The molecule has 5 nitrogen and oxygen atoms in total. The van der Waals surface area contributed by atoms with E-state index in [2.05, 4.69) is 16.2 Å². The number of carbonyl (C=O) groups excluding carboxylic acids is 1. The van der Waals surface area contributed by atoms with E-state index in [1.807, 2.05) is 0 Å². The van der Waals surface area contributed by atoms with Crippen LogP contribution in [0.1, 0.15) is 16.8 Å². The number of hydrogen-bond donors (Lipinski definition) is 2. The van der Waals surface area contributed by atoms with Crippen molar-refractivity contribution in [3.63, 3.8) is 0 Å². The zero-order valence-corrected chi connectivity index (χ0v) is 7.73. The van der Waals surface area contributed by atoms with Crippen LogP contribution in [-0.2, 0) is 4.79 Å². The molecule has 0 fully saturated rings. The highest BCUT2D eigenvalue weighted by atomic mass is 16.4. The summed E-state index contributed by atoms with van der Waals surface area (Å²) < 4.78 is 0. The van der Waals surface area contributed by atoms with Gasteiger partial charge in [0.05, 0.1) is 23.9 Å². The lowest BCUT2D eigenvalue weighted by Gasteiger charge is -2.05. The normalized spacial score (nSPS) is 9.00. The van der Waals surface area contributed by atoms with Crippen LogP contribution in [0.4, 0.5) is 5.69 Å². The summed E-state index contributed by atoms with van der Waals surface area (Å²) in [6.07, 6.45) is 7.43. The number of nitrogens with one attached hydrogen (secondary N) is 1. The van der Waals surface area contributed by atoms with Gasteiger partial charge in [-0.15, -0.1) is 6.42 Å². The van der Waals surface area contributed by atoms with E-state index in [9.17, 15) is 9.59 Å². The Balaban J connectivity index is 2.90. The number of carbonyl (C=O) groups is 2. The second kappa shape index (κ2) is 4.77. The Morgan fingerprint density at radius 1 is 1.60 bits per heavy atom. The number of hydrogen-bond acceptors (Lipinski definition) is 3. The number of aromatic nitrogens is 1. The fourth-order valence-corrected chi connectivity index (χ4v) is 0.968. The first-order chi connectivity index (χ1) is 7.15. The second-order valence-electron chi connectivity index (χ2n) is 2.66. The molecule has 0 saturated carbocycles. The molecule has 0 bridgehead atoms. The molecule has 0 atom stereocenters. The average molecular weight is 204 g/mol. The quantitative estimate of drug-likeness (QED) is 0.712. The third kappa shape index (κ3) is 2.81. The summed E-state index contributed by atoms with van der Waals surface area (Å²) in [6.45, 7) is 0. The number of anilines is 1. The van der Waals surface area contributed by atoms with Gasteiger partial charge in [-0.05, 0) is 6.07 Å². The van der Waals surface area contributed by atoms with Crippen LogP contribution in [0.15, 0.2) is 18.5 Å². The first-order valence-corrected chi connectivity index (χ1v) is 4.05. The molecule has 1 aromatic rings. The summed E-state index contributed by atoms with van der Waals surface area (Å²) in [6, 6.07) is 1.30.